The van der Waals surface area contributed by atoms with E-state index in [1.54, 1.807) is 49.7 Å². The molecule has 0 bridgehead atoms. The second-order valence-electron chi connectivity index (χ2n) is 6.35. The molecule has 154 valence electrons. The molecule has 3 aromatic carbocycles. The monoisotopic (exact) mass is 442 g/mol. The van der Waals surface area contributed by atoms with E-state index in [2.05, 4.69) is 10.5 Å². The van der Waals surface area contributed by atoms with Crippen molar-refractivity contribution < 1.29 is 14.3 Å². The van der Waals surface area contributed by atoms with Crippen molar-refractivity contribution in [2.45, 2.75) is 13.0 Å². The van der Waals surface area contributed by atoms with Crippen molar-refractivity contribution in [1.29, 1.82) is 0 Å². The number of benzene rings is 3. The van der Waals surface area contributed by atoms with Crippen molar-refractivity contribution >= 4 is 35.3 Å². The van der Waals surface area contributed by atoms with Crippen LogP contribution in [0.15, 0.2) is 71.8 Å². The SMILES string of the molecule is COc1cc(/C=N\NC(=O)Cc2ccccc2)ccc1OCc1c(Cl)cccc1Cl. The molecule has 5 nitrogen and oxygen atoms in total. The van der Waals surface area contributed by atoms with Gasteiger partial charge in [0.2, 0.25) is 5.91 Å². The third-order valence-electron chi connectivity index (χ3n) is 4.23. The van der Waals surface area contributed by atoms with Crippen LogP contribution in [0.3, 0.4) is 0 Å². The maximum absolute atomic E-state index is 12.0. The van der Waals surface area contributed by atoms with E-state index in [0.29, 0.717) is 27.1 Å². The van der Waals surface area contributed by atoms with Gasteiger partial charge in [-0.15, -0.1) is 0 Å². The Morgan fingerprint density at radius 2 is 1.73 bits per heavy atom. The first-order valence-electron chi connectivity index (χ1n) is 9.16. The molecule has 0 fully saturated rings. The van der Waals surface area contributed by atoms with E-state index in [0.717, 1.165) is 11.1 Å². The van der Waals surface area contributed by atoms with E-state index >= 15 is 0 Å². The minimum absolute atomic E-state index is 0.194. The number of methoxy groups -OCH3 is 1. The first-order chi connectivity index (χ1) is 14.6. The Hall–Kier alpha value is -3.02. The minimum Gasteiger partial charge on any atom is -0.493 e. The van der Waals surface area contributed by atoms with Gasteiger partial charge in [0.05, 0.1) is 19.7 Å². The Kier molecular flexibility index (Phi) is 7.71. The molecular formula is C23H20Cl2N2O3. The quantitative estimate of drug-likeness (QED) is 0.381. The van der Waals surface area contributed by atoms with Crippen LogP contribution in [0.4, 0.5) is 0 Å². The third kappa shape index (κ3) is 5.99. The second kappa shape index (κ2) is 10.7. The number of ether oxygens (including phenoxy) is 2. The highest BCUT2D eigenvalue weighted by molar-refractivity contribution is 6.35. The highest BCUT2D eigenvalue weighted by atomic mass is 35.5. The molecule has 30 heavy (non-hydrogen) atoms. The number of hydrazone groups is 1. The van der Waals surface area contributed by atoms with Gasteiger partial charge in [-0.3, -0.25) is 4.79 Å². The number of hydrogen-bond acceptors (Lipinski definition) is 4. The average Bonchev–Trinajstić information content (AvgIpc) is 2.74. The summed E-state index contributed by atoms with van der Waals surface area (Å²) in [6.45, 7) is 0.206. The van der Waals surface area contributed by atoms with Crippen molar-refractivity contribution in [3.05, 3.63) is 93.5 Å². The summed E-state index contributed by atoms with van der Waals surface area (Å²) in [5, 5.41) is 5.08. The number of amides is 1. The van der Waals surface area contributed by atoms with Crippen LogP contribution in [-0.2, 0) is 17.8 Å². The van der Waals surface area contributed by atoms with Crippen LogP contribution in [0, 0.1) is 0 Å². The molecule has 0 saturated heterocycles. The normalized spacial score (nSPS) is 10.8. The maximum Gasteiger partial charge on any atom is 0.244 e. The molecule has 3 aromatic rings. The molecule has 3 rings (SSSR count). The fourth-order valence-corrected chi connectivity index (χ4v) is 3.21. The predicted molar refractivity (Wildman–Crippen MR) is 120 cm³/mol. The van der Waals surface area contributed by atoms with Gasteiger partial charge in [0.15, 0.2) is 11.5 Å². The zero-order valence-corrected chi connectivity index (χ0v) is 17.8. The summed E-state index contributed by atoms with van der Waals surface area (Å²) in [4.78, 5) is 12.0. The van der Waals surface area contributed by atoms with E-state index in [1.165, 1.54) is 0 Å². The standard InChI is InChI=1S/C23H20Cl2N2O3/c1-29-22-12-17(14-26-27-23(28)13-16-6-3-2-4-7-16)10-11-21(22)30-15-18-19(24)8-5-9-20(18)25/h2-12,14H,13,15H2,1H3,(H,27,28)/b26-14-. The molecule has 0 heterocycles. The number of nitrogens with one attached hydrogen (secondary N) is 1. The Morgan fingerprint density at radius 1 is 1.00 bits per heavy atom. The highest BCUT2D eigenvalue weighted by Gasteiger charge is 2.10. The lowest BCUT2D eigenvalue weighted by molar-refractivity contribution is -0.120. The van der Waals surface area contributed by atoms with E-state index in [4.69, 9.17) is 32.7 Å². The first kappa shape index (κ1) is 21.7. The van der Waals surface area contributed by atoms with Crippen LogP contribution in [0.1, 0.15) is 16.7 Å². The summed E-state index contributed by atoms with van der Waals surface area (Å²) in [5.74, 6) is 0.873. The molecule has 0 aliphatic heterocycles. The van der Waals surface area contributed by atoms with Gasteiger partial charge < -0.3 is 9.47 Å². The largest absolute Gasteiger partial charge is 0.493 e. The van der Waals surface area contributed by atoms with Crippen LogP contribution in [-0.4, -0.2) is 19.2 Å². The molecule has 0 aliphatic carbocycles. The van der Waals surface area contributed by atoms with Gasteiger partial charge in [0, 0.05) is 15.6 Å². The Balaban J connectivity index is 1.61. The van der Waals surface area contributed by atoms with Gasteiger partial charge in [-0.2, -0.15) is 5.10 Å². The molecule has 0 saturated carbocycles. The molecule has 7 heteroatoms. The third-order valence-corrected chi connectivity index (χ3v) is 4.94. The fourth-order valence-electron chi connectivity index (χ4n) is 2.70. The van der Waals surface area contributed by atoms with Crippen molar-refractivity contribution in [1.82, 2.24) is 5.43 Å². The number of rotatable bonds is 8. The smallest absolute Gasteiger partial charge is 0.244 e. The van der Waals surface area contributed by atoms with Crippen molar-refractivity contribution in [2.24, 2.45) is 5.10 Å². The van der Waals surface area contributed by atoms with Crippen LogP contribution >= 0.6 is 23.2 Å². The van der Waals surface area contributed by atoms with Crippen molar-refractivity contribution in [3.63, 3.8) is 0 Å². The minimum atomic E-state index is -0.194. The van der Waals surface area contributed by atoms with Crippen molar-refractivity contribution in [3.8, 4) is 11.5 Å². The maximum atomic E-state index is 12.0. The van der Waals surface area contributed by atoms with Gasteiger partial charge in [-0.25, -0.2) is 5.43 Å². The van der Waals surface area contributed by atoms with Gasteiger partial charge in [-0.05, 0) is 41.5 Å². The van der Waals surface area contributed by atoms with E-state index in [1.807, 2.05) is 30.3 Å². The molecule has 0 aromatic heterocycles. The Labute approximate surface area is 185 Å². The molecule has 1 amide bonds. The number of nitrogens with zero attached hydrogens (tertiary/aromatic N) is 1. The van der Waals surface area contributed by atoms with E-state index in [-0.39, 0.29) is 18.9 Å². The van der Waals surface area contributed by atoms with Crippen molar-refractivity contribution in [2.75, 3.05) is 7.11 Å². The second-order valence-corrected chi connectivity index (χ2v) is 7.17. The van der Waals surface area contributed by atoms with Gasteiger partial charge in [-0.1, -0.05) is 59.6 Å². The van der Waals surface area contributed by atoms with E-state index < -0.39 is 0 Å². The molecule has 0 aliphatic rings. The predicted octanol–water partition coefficient (Wildman–Crippen LogP) is 5.27. The van der Waals surface area contributed by atoms with Crippen LogP contribution < -0.4 is 14.9 Å². The summed E-state index contributed by atoms with van der Waals surface area (Å²) in [7, 11) is 1.55. The summed E-state index contributed by atoms with van der Waals surface area (Å²) in [6.07, 6.45) is 1.80. The summed E-state index contributed by atoms with van der Waals surface area (Å²) in [5.41, 5.74) is 4.89. The highest BCUT2D eigenvalue weighted by Crippen LogP contribution is 2.31. The molecule has 0 unspecified atom stereocenters. The van der Waals surface area contributed by atoms with Crippen LogP contribution in [0.25, 0.3) is 0 Å². The Morgan fingerprint density at radius 3 is 2.43 bits per heavy atom. The Bertz CT molecular complexity index is 1020. The zero-order valence-electron chi connectivity index (χ0n) is 16.3. The summed E-state index contributed by atoms with van der Waals surface area (Å²) >= 11 is 12.4. The van der Waals surface area contributed by atoms with Gasteiger partial charge in [0.1, 0.15) is 6.61 Å². The van der Waals surface area contributed by atoms with Gasteiger partial charge in [0.25, 0.3) is 0 Å². The number of carbonyl (C=O) groups is 1. The number of carbonyl (C=O) groups excluding carboxylic acids is 1. The molecule has 0 radical (unpaired) electrons. The molecule has 0 atom stereocenters. The molecule has 1 N–H and O–H groups in total. The summed E-state index contributed by atoms with van der Waals surface area (Å²) in [6, 6.07) is 20.1. The van der Waals surface area contributed by atoms with Crippen LogP contribution in [0.2, 0.25) is 10.0 Å². The molecular weight excluding hydrogens is 423 g/mol. The van der Waals surface area contributed by atoms with Crippen LogP contribution in [0.5, 0.6) is 11.5 Å². The zero-order chi connectivity index (χ0) is 21.3. The lowest BCUT2D eigenvalue weighted by Crippen LogP contribution is -2.19. The van der Waals surface area contributed by atoms with Gasteiger partial charge >= 0.3 is 0 Å². The number of hydrogen-bond donors (Lipinski definition) is 1. The lowest BCUT2D eigenvalue weighted by Gasteiger charge is -2.13. The summed E-state index contributed by atoms with van der Waals surface area (Å²) < 4.78 is 11.2. The molecule has 0 spiro atoms. The first-order valence-corrected chi connectivity index (χ1v) is 9.92. The lowest BCUT2D eigenvalue weighted by atomic mass is 10.1. The fraction of sp³-hybridized carbons (Fsp3) is 0.130. The average molecular weight is 443 g/mol. The number of halogens is 2. The van der Waals surface area contributed by atoms with E-state index in [9.17, 15) is 4.79 Å². The topological polar surface area (TPSA) is 59.9 Å².